The molecule has 1 amide bonds. The van der Waals surface area contributed by atoms with Gasteiger partial charge in [-0.15, -0.1) is 0 Å². The number of aromatic nitrogens is 3. The number of hydrogen-bond acceptors (Lipinski definition) is 6. The summed E-state index contributed by atoms with van der Waals surface area (Å²) >= 11 is 0. The van der Waals surface area contributed by atoms with Gasteiger partial charge in [0, 0.05) is 37.4 Å². The Morgan fingerprint density at radius 1 is 1.20 bits per heavy atom. The first kappa shape index (κ1) is 20.3. The minimum absolute atomic E-state index is 0.0337. The van der Waals surface area contributed by atoms with Crippen molar-refractivity contribution in [1.82, 2.24) is 19.4 Å². The number of hydrogen-bond donors (Lipinski definition) is 2. The lowest BCUT2D eigenvalue weighted by molar-refractivity contribution is 0.0815. The number of nitrogens with two attached hydrogens (primary N) is 1. The van der Waals surface area contributed by atoms with Gasteiger partial charge < -0.3 is 14.8 Å². The van der Waals surface area contributed by atoms with E-state index in [1.165, 1.54) is 12.1 Å². The highest BCUT2D eigenvalue weighted by Gasteiger charge is 2.26. The Bertz CT molecular complexity index is 1200. The Kier molecular flexibility index (Phi) is 5.20. The van der Waals surface area contributed by atoms with Gasteiger partial charge in [-0.2, -0.15) is 4.98 Å². The summed E-state index contributed by atoms with van der Waals surface area (Å²) in [5, 5.41) is 9.03. The summed E-state index contributed by atoms with van der Waals surface area (Å²) in [6.45, 7) is 0. The lowest BCUT2D eigenvalue weighted by atomic mass is 10.2. The van der Waals surface area contributed by atoms with Crippen molar-refractivity contribution in [3.05, 3.63) is 42.2 Å². The maximum atomic E-state index is 12.8. The molecule has 1 aromatic carbocycles. The lowest BCUT2D eigenvalue weighted by Crippen LogP contribution is -2.25. The van der Waals surface area contributed by atoms with Crippen LogP contribution < -0.4 is 10.5 Å². The topological polar surface area (TPSA) is 123 Å². The molecule has 1 aliphatic carbocycles. The normalized spacial score (nSPS) is 14.9. The number of fused-ring (bicyclic) bond motifs is 1. The number of benzene rings is 1. The molecule has 2 aromatic heterocycles. The third kappa shape index (κ3) is 3.88. The summed E-state index contributed by atoms with van der Waals surface area (Å²) in [5.74, 6) is 0.306. The van der Waals surface area contributed by atoms with E-state index in [0.29, 0.717) is 23.0 Å². The molecule has 0 spiro atoms. The van der Waals surface area contributed by atoms with Crippen molar-refractivity contribution in [2.45, 2.75) is 36.6 Å². The number of carbonyl (C=O) groups excluding carboxylic acids is 1. The molecule has 0 unspecified atom stereocenters. The zero-order valence-corrected chi connectivity index (χ0v) is 17.7. The highest BCUT2D eigenvalue weighted by molar-refractivity contribution is 7.89. The molecule has 158 valence electrons. The fraction of sp³-hybridized carbons (Fsp3) is 0.350. The second-order valence-electron chi connectivity index (χ2n) is 7.70. The van der Waals surface area contributed by atoms with Gasteiger partial charge in [0.15, 0.2) is 0 Å². The average molecular weight is 429 g/mol. The van der Waals surface area contributed by atoms with Crippen molar-refractivity contribution in [3.63, 3.8) is 0 Å². The standard InChI is InChI=1S/C20H24N6O3S/c1-25(2)19(27)17-11-13-12-22-20(24-18(13)26(17)15-5-3-4-6-15)23-14-7-9-16(10-8-14)30(21,28)29/h7-12,15H,3-6H2,1-2H3,(H2,21,28,29)(H,22,23,24). The maximum absolute atomic E-state index is 12.8. The van der Waals surface area contributed by atoms with Crippen LogP contribution in [0.2, 0.25) is 0 Å². The summed E-state index contributed by atoms with van der Waals surface area (Å²) in [6, 6.07) is 8.13. The number of primary sulfonamides is 1. The fourth-order valence-electron chi connectivity index (χ4n) is 3.85. The molecule has 10 heteroatoms. The monoisotopic (exact) mass is 428 g/mol. The van der Waals surface area contributed by atoms with E-state index >= 15 is 0 Å². The van der Waals surface area contributed by atoms with Crippen LogP contribution in [0.3, 0.4) is 0 Å². The van der Waals surface area contributed by atoms with Crippen LogP contribution >= 0.6 is 0 Å². The molecular weight excluding hydrogens is 404 g/mol. The molecule has 2 heterocycles. The van der Waals surface area contributed by atoms with E-state index in [-0.39, 0.29) is 16.8 Å². The second-order valence-corrected chi connectivity index (χ2v) is 9.27. The molecule has 1 fully saturated rings. The van der Waals surface area contributed by atoms with Gasteiger partial charge in [-0.3, -0.25) is 4.79 Å². The fourth-order valence-corrected chi connectivity index (χ4v) is 4.37. The van der Waals surface area contributed by atoms with Crippen molar-refractivity contribution >= 4 is 38.6 Å². The number of nitrogens with zero attached hydrogens (tertiary/aromatic N) is 4. The van der Waals surface area contributed by atoms with E-state index in [9.17, 15) is 13.2 Å². The molecule has 3 aromatic rings. The average Bonchev–Trinajstić information content (AvgIpc) is 3.34. The number of sulfonamides is 1. The van der Waals surface area contributed by atoms with Gasteiger partial charge in [0.1, 0.15) is 11.3 Å². The van der Waals surface area contributed by atoms with Gasteiger partial charge in [0.05, 0.1) is 4.90 Å². The van der Waals surface area contributed by atoms with Crippen LogP contribution in [0.4, 0.5) is 11.6 Å². The van der Waals surface area contributed by atoms with Crippen molar-refractivity contribution in [3.8, 4) is 0 Å². The third-order valence-corrected chi connectivity index (χ3v) is 6.26. The molecule has 0 saturated heterocycles. The quantitative estimate of drug-likeness (QED) is 0.644. The highest BCUT2D eigenvalue weighted by atomic mass is 32.2. The zero-order chi connectivity index (χ0) is 21.5. The van der Waals surface area contributed by atoms with E-state index in [1.807, 2.05) is 10.6 Å². The molecule has 9 nitrogen and oxygen atoms in total. The molecule has 1 saturated carbocycles. The number of carbonyl (C=O) groups is 1. The van der Waals surface area contributed by atoms with E-state index in [4.69, 9.17) is 5.14 Å². The van der Waals surface area contributed by atoms with Gasteiger partial charge in [0.2, 0.25) is 16.0 Å². The summed E-state index contributed by atoms with van der Waals surface area (Å²) in [5.41, 5.74) is 1.96. The molecule has 4 rings (SSSR count). The van der Waals surface area contributed by atoms with Gasteiger partial charge in [-0.25, -0.2) is 18.5 Å². The maximum Gasteiger partial charge on any atom is 0.270 e. The molecule has 3 N–H and O–H groups in total. The van der Waals surface area contributed by atoms with Crippen molar-refractivity contribution in [2.24, 2.45) is 5.14 Å². The van der Waals surface area contributed by atoms with Crippen LogP contribution in [0.1, 0.15) is 42.2 Å². The van der Waals surface area contributed by atoms with E-state index in [2.05, 4.69) is 15.3 Å². The third-order valence-electron chi connectivity index (χ3n) is 5.33. The Morgan fingerprint density at radius 3 is 2.47 bits per heavy atom. The number of nitrogens with one attached hydrogen (secondary N) is 1. The Balaban J connectivity index is 1.72. The first-order valence-corrected chi connectivity index (χ1v) is 11.3. The molecule has 0 bridgehead atoms. The van der Waals surface area contributed by atoms with Crippen LogP contribution in [0.25, 0.3) is 11.0 Å². The van der Waals surface area contributed by atoms with Crippen molar-refractivity contribution in [1.29, 1.82) is 0 Å². The van der Waals surface area contributed by atoms with E-state index in [0.717, 1.165) is 31.1 Å². The molecule has 1 aliphatic rings. The molecule has 30 heavy (non-hydrogen) atoms. The Morgan fingerprint density at radius 2 is 1.87 bits per heavy atom. The lowest BCUT2D eigenvalue weighted by Gasteiger charge is -2.19. The Labute approximate surface area is 175 Å². The van der Waals surface area contributed by atoms with Gasteiger partial charge >= 0.3 is 0 Å². The van der Waals surface area contributed by atoms with Crippen molar-refractivity contribution < 1.29 is 13.2 Å². The van der Waals surface area contributed by atoms with Crippen LogP contribution in [0.5, 0.6) is 0 Å². The minimum atomic E-state index is -3.75. The summed E-state index contributed by atoms with van der Waals surface area (Å²) in [7, 11) is -0.269. The van der Waals surface area contributed by atoms with Gasteiger partial charge in [0.25, 0.3) is 5.91 Å². The number of rotatable bonds is 5. The number of amides is 1. The first-order valence-electron chi connectivity index (χ1n) is 9.73. The van der Waals surface area contributed by atoms with Crippen LogP contribution in [-0.2, 0) is 10.0 Å². The number of anilines is 2. The van der Waals surface area contributed by atoms with Gasteiger partial charge in [-0.1, -0.05) is 12.8 Å². The van der Waals surface area contributed by atoms with Crippen LogP contribution in [-0.4, -0.2) is 47.9 Å². The first-order chi connectivity index (χ1) is 14.2. The molecule has 0 radical (unpaired) electrons. The zero-order valence-electron chi connectivity index (χ0n) is 16.9. The minimum Gasteiger partial charge on any atom is -0.343 e. The smallest absolute Gasteiger partial charge is 0.270 e. The summed E-state index contributed by atoms with van der Waals surface area (Å²) in [4.78, 5) is 23.4. The highest BCUT2D eigenvalue weighted by Crippen LogP contribution is 2.35. The van der Waals surface area contributed by atoms with E-state index in [1.54, 1.807) is 37.3 Å². The van der Waals surface area contributed by atoms with Gasteiger partial charge in [-0.05, 0) is 43.2 Å². The Hall–Kier alpha value is -2.98. The molecular formula is C20H24N6O3S. The SMILES string of the molecule is CN(C)C(=O)c1cc2cnc(Nc3ccc(S(N)(=O)=O)cc3)nc2n1C1CCCC1. The summed E-state index contributed by atoms with van der Waals surface area (Å²) in [6.07, 6.45) is 5.98. The van der Waals surface area contributed by atoms with E-state index < -0.39 is 10.0 Å². The summed E-state index contributed by atoms with van der Waals surface area (Å²) < 4.78 is 24.9. The predicted molar refractivity (Wildman–Crippen MR) is 114 cm³/mol. The van der Waals surface area contributed by atoms with Crippen molar-refractivity contribution in [2.75, 3.05) is 19.4 Å². The van der Waals surface area contributed by atoms with Crippen LogP contribution in [0, 0.1) is 0 Å². The molecule has 0 atom stereocenters. The second kappa shape index (κ2) is 7.69. The van der Waals surface area contributed by atoms with Crippen LogP contribution in [0.15, 0.2) is 41.4 Å². The molecule has 0 aliphatic heterocycles. The largest absolute Gasteiger partial charge is 0.343 e. The predicted octanol–water partition coefficient (Wildman–Crippen LogP) is 2.64.